The highest BCUT2D eigenvalue weighted by atomic mass is 35.5. The molecule has 29 heavy (non-hydrogen) atoms. The highest BCUT2D eigenvalue weighted by Crippen LogP contribution is 2.40. The monoisotopic (exact) mass is 422 g/mol. The number of rotatable bonds is 5. The fourth-order valence-electron chi connectivity index (χ4n) is 3.58. The summed E-state index contributed by atoms with van der Waals surface area (Å²) in [7, 11) is 0. The Morgan fingerprint density at radius 1 is 1.10 bits per heavy atom. The van der Waals surface area contributed by atoms with Crippen LogP contribution in [0.2, 0.25) is 5.02 Å². The van der Waals surface area contributed by atoms with Crippen molar-refractivity contribution in [1.82, 2.24) is 0 Å². The van der Waals surface area contributed by atoms with Crippen molar-refractivity contribution < 1.29 is 4.79 Å². The van der Waals surface area contributed by atoms with Crippen LogP contribution in [-0.2, 0) is 19.3 Å². The van der Waals surface area contributed by atoms with Crippen LogP contribution in [0, 0.1) is 0 Å². The number of fused-ring (bicyclic) bond motifs is 1. The van der Waals surface area contributed by atoms with E-state index in [9.17, 15) is 4.79 Å². The number of thiophene rings is 1. The molecule has 0 saturated carbocycles. The molecule has 1 amide bonds. The van der Waals surface area contributed by atoms with Crippen molar-refractivity contribution in [3.63, 3.8) is 0 Å². The van der Waals surface area contributed by atoms with E-state index in [1.54, 1.807) is 23.5 Å². The molecule has 1 aromatic heterocycles. The number of nitrogens with one attached hydrogen (secondary N) is 1. The summed E-state index contributed by atoms with van der Waals surface area (Å²) < 4.78 is 0. The van der Waals surface area contributed by atoms with Crippen LogP contribution in [0.5, 0.6) is 0 Å². The van der Waals surface area contributed by atoms with Gasteiger partial charge in [-0.15, -0.1) is 11.3 Å². The molecule has 1 aliphatic carbocycles. The number of carbonyl (C=O) groups excluding carboxylic acids is 1. The van der Waals surface area contributed by atoms with Gasteiger partial charge in [0.25, 0.3) is 5.91 Å². The van der Waals surface area contributed by atoms with Gasteiger partial charge in [-0.05, 0) is 73.1 Å². The minimum atomic E-state index is -0.0970. The van der Waals surface area contributed by atoms with Gasteiger partial charge in [0.05, 0.1) is 5.56 Å². The maximum Gasteiger partial charge on any atom is 0.259 e. The molecule has 0 spiro atoms. The number of nitrogens with zero attached hydrogens (tertiary/aromatic N) is 1. The van der Waals surface area contributed by atoms with Gasteiger partial charge in [0.1, 0.15) is 5.00 Å². The summed E-state index contributed by atoms with van der Waals surface area (Å²) in [6.07, 6.45) is 7.14. The molecule has 1 aliphatic rings. The molecule has 0 aliphatic heterocycles. The molecule has 0 fully saturated rings. The van der Waals surface area contributed by atoms with E-state index in [4.69, 9.17) is 16.6 Å². The molecule has 5 heteroatoms. The van der Waals surface area contributed by atoms with Gasteiger partial charge in [0, 0.05) is 21.8 Å². The molecule has 0 radical (unpaired) electrons. The minimum Gasteiger partial charge on any atom is -0.322 e. The quantitative estimate of drug-likeness (QED) is 0.449. The van der Waals surface area contributed by atoms with E-state index in [1.165, 1.54) is 22.4 Å². The Morgan fingerprint density at radius 2 is 1.83 bits per heavy atom. The first-order chi connectivity index (χ1) is 14.1. The third-order valence-corrected chi connectivity index (χ3v) is 6.65. The van der Waals surface area contributed by atoms with Gasteiger partial charge in [0.2, 0.25) is 0 Å². The zero-order valence-corrected chi connectivity index (χ0v) is 17.9. The predicted molar refractivity (Wildman–Crippen MR) is 123 cm³/mol. The molecule has 1 N–H and O–H groups in total. The number of benzene rings is 2. The number of aryl methyl sites for hydroxylation is 2. The Bertz CT molecular complexity index is 1040. The number of hydrogen-bond donors (Lipinski definition) is 1. The zero-order chi connectivity index (χ0) is 20.2. The van der Waals surface area contributed by atoms with Gasteiger partial charge in [-0.25, -0.2) is 4.99 Å². The van der Waals surface area contributed by atoms with E-state index < -0.39 is 0 Å². The molecule has 148 valence electrons. The van der Waals surface area contributed by atoms with E-state index in [0.717, 1.165) is 47.5 Å². The summed E-state index contributed by atoms with van der Waals surface area (Å²) in [5.74, 6) is -0.0970. The van der Waals surface area contributed by atoms with E-state index in [0.29, 0.717) is 5.02 Å². The maximum absolute atomic E-state index is 13.1. The van der Waals surface area contributed by atoms with Crippen molar-refractivity contribution in [3.8, 4) is 0 Å². The van der Waals surface area contributed by atoms with Gasteiger partial charge in [0.15, 0.2) is 0 Å². The second-order valence-electron chi connectivity index (χ2n) is 7.21. The van der Waals surface area contributed by atoms with Crippen LogP contribution in [-0.4, -0.2) is 12.1 Å². The first kappa shape index (κ1) is 19.9. The third kappa shape index (κ3) is 4.60. The fourth-order valence-corrected chi connectivity index (χ4v) is 4.93. The fraction of sp³-hybridized carbons (Fsp3) is 0.250. The Labute approximate surface area is 180 Å². The normalized spacial score (nSPS) is 13.4. The highest BCUT2D eigenvalue weighted by molar-refractivity contribution is 7.16. The first-order valence-electron chi connectivity index (χ1n) is 9.98. The topological polar surface area (TPSA) is 41.5 Å². The lowest BCUT2D eigenvalue weighted by Gasteiger charge is -2.12. The Balaban J connectivity index is 1.64. The lowest BCUT2D eigenvalue weighted by Crippen LogP contribution is -2.14. The van der Waals surface area contributed by atoms with Crippen molar-refractivity contribution >= 4 is 45.7 Å². The molecule has 0 saturated heterocycles. The van der Waals surface area contributed by atoms with Crippen LogP contribution in [0.15, 0.2) is 53.5 Å². The van der Waals surface area contributed by atoms with Gasteiger partial charge in [-0.2, -0.15) is 0 Å². The molecular weight excluding hydrogens is 400 g/mol. The third-order valence-electron chi connectivity index (χ3n) is 5.20. The van der Waals surface area contributed by atoms with Crippen molar-refractivity contribution in [2.75, 3.05) is 5.32 Å². The van der Waals surface area contributed by atoms with Gasteiger partial charge in [-0.1, -0.05) is 42.8 Å². The van der Waals surface area contributed by atoms with Crippen LogP contribution in [0.1, 0.15) is 51.7 Å². The van der Waals surface area contributed by atoms with Crippen LogP contribution in [0.4, 0.5) is 10.7 Å². The smallest absolute Gasteiger partial charge is 0.259 e. The minimum absolute atomic E-state index is 0.0970. The largest absolute Gasteiger partial charge is 0.322 e. The summed E-state index contributed by atoms with van der Waals surface area (Å²) in [5.41, 5.74) is 4.97. The van der Waals surface area contributed by atoms with E-state index in [-0.39, 0.29) is 5.91 Å². The van der Waals surface area contributed by atoms with Gasteiger partial charge >= 0.3 is 0 Å². The first-order valence-corrected chi connectivity index (χ1v) is 11.2. The van der Waals surface area contributed by atoms with E-state index in [1.807, 2.05) is 18.3 Å². The molecule has 4 rings (SSSR count). The highest BCUT2D eigenvalue weighted by Gasteiger charge is 2.25. The summed E-state index contributed by atoms with van der Waals surface area (Å²) in [6, 6.07) is 15.6. The molecule has 2 aromatic carbocycles. The number of aliphatic imine (C=N–C) groups is 1. The van der Waals surface area contributed by atoms with Crippen molar-refractivity contribution in [2.45, 2.75) is 39.0 Å². The average molecular weight is 423 g/mol. The molecular formula is C24H23ClN2OS. The van der Waals surface area contributed by atoms with E-state index in [2.05, 4.69) is 36.5 Å². The number of amides is 1. The Morgan fingerprint density at radius 3 is 2.55 bits per heavy atom. The van der Waals surface area contributed by atoms with Crippen molar-refractivity contribution in [2.24, 2.45) is 4.99 Å². The zero-order valence-electron chi connectivity index (χ0n) is 16.4. The van der Waals surface area contributed by atoms with E-state index >= 15 is 0 Å². The predicted octanol–water partition coefficient (Wildman–Crippen LogP) is 6.85. The second-order valence-corrected chi connectivity index (χ2v) is 8.73. The maximum atomic E-state index is 13.1. The van der Waals surface area contributed by atoms with Crippen LogP contribution in [0.25, 0.3) is 0 Å². The lowest BCUT2D eigenvalue weighted by molar-refractivity contribution is 0.102. The number of anilines is 1. The standard InChI is InChI=1S/C24H23ClN2OS/c1-2-16-7-9-17(10-8-16)15-26-24-22(20-5-3-4-6-21(20)29-24)23(28)27-19-13-11-18(25)12-14-19/h7-15H,2-6H2,1H3,(H,27,28)/b26-15+. The van der Waals surface area contributed by atoms with Crippen LogP contribution >= 0.6 is 22.9 Å². The van der Waals surface area contributed by atoms with Crippen LogP contribution < -0.4 is 5.32 Å². The summed E-state index contributed by atoms with van der Waals surface area (Å²) in [4.78, 5) is 19.2. The molecule has 0 bridgehead atoms. The van der Waals surface area contributed by atoms with Gasteiger partial charge < -0.3 is 5.32 Å². The van der Waals surface area contributed by atoms with Gasteiger partial charge in [-0.3, -0.25) is 4.79 Å². The molecule has 3 nitrogen and oxygen atoms in total. The lowest BCUT2D eigenvalue weighted by atomic mass is 9.95. The number of hydrogen-bond acceptors (Lipinski definition) is 3. The SMILES string of the molecule is CCc1ccc(/C=N/c2sc3c(c2C(=O)Nc2ccc(Cl)cc2)CCCC3)cc1. The molecule has 3 aromatic rings. The number of carbonyl (C=O) groups is 1. The van der Waals surface area contributed by atoms with Crippen molar-refractivity contribution in [1.29, 1.82) is 0 Å². The Hall–Kier alpha value is -2.43. The summed E-state index contributed by atoms with van der Waals surface area (Å²) >= 11 is 7.61. The summed E-state index contributed by atoms with van der Waals surface area (Å²) in [5, 5.41) is 4.45. The Kier molecular flexibility index (Phi) is 6.12. The molecule has 1 heterocycles. The molecule has 0 unspecified atom stereocenters. The second kappa shape index (κ2) is 8.93. The molecule has 0 atom stereocenters. The van der Waals surface area contributed by atoms with Crippen LogP contribution in [0.3, 0.4) is 0 Å². The summed E-state index contributed by atoms with van der Waals surface area (Å²) in [6.45, 7) is 2.14. The number of halogens is 1. The van der Waals surface area contributed by atoms with Crippen molar-refractivity contribution in [3.05, 3.63) is 80.7 Å². The average Bonchev–Trinajstić information content (AvgIpc) is 3.13.